The fourth-order valence-electron chi connectivity index (χ4n) is 1.84. The van der Waals surface area contributed by atoms with E-state index in [4.69, 9.17) is 0 Å². The Morgan fingerprint density at radius 2 is 1.81 bits per heavy atom. The first-order chi connectivity index (χ1) is 9.70. The maximum atomic E-state index is 13.8. The van der Waals surface area contributed by atoms with Gasteiger partial charge in [0.1, 0.15) is 17.7 Å². The van der Waals surface area contributed by atoms with Crippen LogP contribution in [0.3, 0.4) is 0 Å². The zero-order chi connectivity index (χ0) is 15.8. The number of hydrogen-bond donors (Lipinski definition) is 1. The number of rotatable bonds is 3. The molecule has 0 aliphatic rings. The molecular weight excluding hydrogens is 366 g/mol. The Balaban J connectivity index is 2.50. The maximum absolute atomic E-state index is 13.8. The second kappa shape index (κ2) is 5.82. The fourth-order valence-corrected chi connectivity index (χ4v) is 2.83. The topological polar surface area (TPSA) is 54.4 Å². The first-order valence-electron chi connectivity index (χ1n) is 5.82. The molecular formula is C14H11BrF2O3S. The lowest BCUT2D eigenvalue weighted by Gasteiger charge is -2.14. The van der Waals surface area contributed by atoms with Gasteiger partial charge in [-0.05, 0) is 45.8 Å². The highest BCUT2D eigenvalue weighted by molar-refractivity contribution is 9.10. The second-order valence-corrected chi connectivity index (χ2v) is 7.41. The van der Waals surface area contributed by atoms with E-state index >= 15 is 0 Å². The normalized spacial score (nSPS) is 13.2. The summed E-state index contributed by atoms with van der Waals surface area (Å²) in [4.78, 5) is -0.00274. The number of sulfone groups is 1. The molecule has 0 spiro atoms. The molecule has 1 unspecified atom stereocenters. The van der Waals surface area contributed by atoms with Crippen molar-refractivity contribution in [3.05, 3.63) is 63.6 Å². The van der Waals surface area contributed by atoms with Crippen molar-refractivity contribution in [3.8, 4) is 0 Å². The van der Waals surface area contributed by atoms with Crippen LogP contribution in [0.1, 0.15) is 17.2 Å². The Bertz CT molecular complexity index is 791. The van der Waals surface area contributed by atoms with Crippen LogP contribution in [0.5, 0.6) is 0 Å². The van der Waals surface area contributed by atoms with Crippen LogP contribution in [-0.2, 0) is 9.84 Å². The Kier molecular flexibility index (Phi) is 4.46. The molecule has 112 valence electrons. The zero-order valence-corrected chi connectivity index (χ0v) is 13.2. The molecule has 0 saturated heterocycles. The van der Waals surface area contributed by atoms with Gasteiger partial charge in [0.25, 0.3) is 0 Å². The standard InChI is InChI=1S/C14H11BrF2O3S/c1-21(19,20)9-4-2-3-8(5-9)14(18)10-6-13(17)11(15)7-12(10)16/h2-7,14,18H,1H3. The lowest BCUT2D eigenvalue weighted by atomic mass is 10.0. The van der Waals surface area contributed by atoms with Gasteiger partial charge in [0.2, 0.25) is 0 Å². The lowest BCUT2D eigenvalue weighted by Crippen LogP contribution is -2.05. The highest BCUT2D eigenvalue weighted by atomic mass is 79.9. The van der Waals surface area contributed by atoms with Gasteiger partial charge in [0.05, 0.1) is 9.37 Å². The van der Waals surface area contributed by atoms with Gasteiger partial charge in [0, 0.05) is 11.8 Å². The summed E-state index contributed by atoms with van der Waals surface area (Å²) in [7, 11) is -3.45. The van der Waals surface area contributed by atoms with Crippen molar-refractivity contribution >= 4 is 25.8 Å². The van der Waals surface area contributed by atoms with Gasteiger partial charge in [-0.15, -0.1) is 0 Å². The van der Waals surface area contributed by atoms with Crippen LogP contribution in [0, 0.1) is 11.6 Å². The lowest BCUT2D eigenvalue weighted by molar-refractivity contribution is 0.214. The third-order valence-corrected chi connectivity index (χ3v) is 4.65. The predicted octanol–water partition coefficient (Wildman–Crippen LogP) is 3.21. The third-order valence-electron chi connectivity index (χ3n) is 2.94. The van der Waals surface area contributed by atoms with E-state index in [9.17, 15) is 22.3 Å². The van der Waals surface area contributed by atoms with Crippen LogP contribution >= 0.6 is 15.9 Å². The van der Waals surface area contributed by atoms with Crippen LogP contribution in [0.4, 0.5) is 8.78 Å². The molecule has 2 rings (SSSR count). The van der Waals surface area contributed by atoms with Crippen molar-refractivity contribution < 1.29 is 22.3 Å². The molecule has 1 N–H and O–H groups in total. The molecule has 0 fully saturated rings. The van der Waals surface area contributed by atoms with Crippen LogP contribution in [-0.4, -0.2) is 19.8 Å². The summed E-state index contributed by atoms with van der Waals surface area (Å²) < 4.78 is 50.2. The van der Waals surface area contributed by atoms with Gasteiger partial charge in [-0.25, -0.2) is 17.2 Å². The molecule has 0 amide bonds. The number of hydrogen-bond acceptors (Lipinski definition) is 3. The Morgan fingerprint density at radius 3 is 2.43 bits per heavy atom. The molecule has 0 aliphatic heterocycles. The van der Waals surface area contributed by atoms with E-state index in [1.54, 1.807) is 0 Å². The van der Waals surface area contributed by atoms with E-state index in [1.165, 1.54) is 24.3 Å². The average molecular weight is 377 g/mol. The van der Waals surface area contributed by atoms with E-state index in [0.29, 0.717) is 0 Å². The Morgan fingerprint density at radius 1 is 1.14 bits per heavy atom. The third kappa shape index (κ3) is 3.48. The summed E-state index contributed by atoms with van der Waals surface area (Å²) in [5.41, 5.74) is -0.0973. The van der Waals surface area contributed by atoms with E-state index in [2.05, 4.69) is 15.9 Å². The Labute approximate surface area is 129 Å². The highest BCUT2D eigenvalue weighted by Gasteiger charge is 2.19. The first-order valence-corrected chi connectivity index (χ1v) is 8.51. The molecule has 2 aromatic carbocycles. The van der Waals surface area contributed by atoms with Gasteiger partial charge >= 0.3 is 0 Å². The molecule has 3 nitrogen and oxygen atoms in total. The summed E-state index contributed by atoms with van der Waals surface area (Å²) in [6.45, 7) is 0. The van der Waals surface area contributed by atoms with Crippen molar-refractivity contribution in [3.63, 3.8) is 0 Å². The summed E-state index contributed by atoms with van der Waals surface area (Å²) in [6, 6.07) is 7.26. The minimum atomic E-state index is -3.45. The van der Waals surface area contributed by atoms with E-state index in [-0.39, 0.29) is 20.5 Å². The molecule has 0 saturated carbocycles. The van der Waals surface area contributed by atoms with Crippen LogP contribution in [0.15, 0.2) is 45.8 Å². The molecule has 21 heavy (non-hydrogen) atoms. The molecule has 1 atom stereocenters. The van der Waals surface area contributed by atoms with Crippen LogP contribution in [0.25, 0.3) is 0 Å². The number of benzene rings is 2. The monoisotopic (exact) mass is 376 g/mol. The number of halogens is 3. The quantitative estimate of drug-likeness (QED) is 0.836. The summed E-state index contributed by atoms with van der Waals surface area (Å²) in [5.74, 6) is -1.51. The largest absolute Gasteiger partial charge is 0.384 e. The Hall–Kier alpha value is -1.31. The molecule has 0 heterocycles. The average Bonchev–Trinajstić information content (AvgIpc) is 2.41. The molecule has 0 bridgehead atoms. The van der Waals surface area contributed by atoms with Crippen LogP contribution < -0.4 is 0 Å². The summed E-state index contributed by atoms with van der Waals surface area (Å²) >= 11 is 2.85. The molecule has 7 heteroatoms. The fraction of sp³-hybridized carbons (Fsp3) is 0.143. The highest BCUT2D eigenvalue weighted by Crippen LogP contribution is 2.29. The van der Waals surface area contributed by atoms with Crippen molar-refractivity contribution in [2.24, 2.45) is 0 Å². The van der Waals surface area contributed by atoms with Crippen molar-refractivity contribution in [1.29, 1.82) is 0 Å². The predicted molar refractivity (Wildman–Crippen MR) is 77.7 cm³/mol. The minimum Gasteiger partial charge on any atom is -0.384 e. The van der Waals surface area contributed by atoms with Crippen molar-refractivity contribution in [1.82, 2.24) is 0 Å². The summed E-state index contributed by atoms with van der Waals surface area (Å²) in [6.07, 6.45) is -0.437. The first kappa shape index (κ1) is 16.1. The van der Waals surface area contributed by atoms with E-state index in [0.717, 1.165) is 18.4 Å². The molecule has 0 aliphatic carbocycles. The van der Waals surface area contributed by atoms with E-state index < -0.39 is 27.6 Å². The zero-order valence-electron chi connectivity index (χ0n) is 10.8. The molecule has 0 radical (unpaired) electrons. The van der Waals surface area contributed by atoms with Crippen molar-refractivity contribution in [2.75, 3.05) is 6.26 Å². The minimum absolute atomic E-state index is 0.00274. The number of aliphatic hydroxyl groups excluding tert-OH is 1. The van der Waals surface area contributed by atoms with E-state index in [1.807, 2.05) is 0 Å². The van der Waals surface area contributed by atoms with Gasteiger partial charge < -0.3 is 5.11 Å². The second-order valence-electron chi connectivity index (χ2n) is 4.54. The van der Waals surface area contributed by atoms with Gasteiger partial charge in [-0.3, -0.25) is 0 Å². The summed E-state index contributed by atoms with van der Waals surface area (Å²) in [5, 5.41) is 10.2. The smallest absolute Gasteiger partial charge is 0.175 e. The van der Waals surface area contributed by atoms with Gasteiger partial charge in [0.15, 0.2) is 9.84 Å². The van der Waals surface area contributed by atoms with Crippen LogP contribution in [0.2, 0.25) is 0 Å². The van der Waals surface area contributed by atoms with Crippen molar-refractivity contribution in [2.45, 2.75) is 11.0 Å². The SMILES string of the molecule is CS(=O)(=O)c1cccc(C(O)c2cc(F)c(Br)cc2F)c1. The molecule has 2 aromatic rings. The maximum Gasteiger partial charge on any atom is 0.175 e. The van der Waals surface area contributed by atoms with Gasteiger partial charge in [-0.2, -0.15) is 0 Å². The molecule has 0 aromatic heterocycles. The van der Waals surface area contributed by atoms with Gasteiger partial charge in [-0.1, -0.05) is 12.1 Å². The number of aliphatic hydroxyl groups is 1.